The third-order valence-electron chi connectivity index (χ3n) is 5.12. The van der Waals surface area contributed by atoms with Crippen LogP contribution < -0.4 is 5.32 Å². The third kappa shape index (κ3) is 4.96. The summed E-state index contributed by atoms with van der Waals surface area (Å²) in [6, 6.07) is 15.8. The molecule has 3 rings (SSSR count). The largest absolute Gasteiger partial charge is 0.396 e. The van der Waals surface area contributed by atoms with Crippen molar-refractivity contribution in [2.45, 2.75) is 32.8 Å². The quantitative estimate of drug-likeness (QED) is 0.496. The molecule has 0 aliphatic rings. The molecule has 0 aliphatic carbocycles. The van der Waals surface area contributed by atoms with Crippen molar-refractivity contribution in [3.63, 3.8) is 0 Å². The first-order valence-corrected chi connectivity index (χ1v) is 10.0. The van der Waals surface area contributed by atoms with Crippen molar-refractivity contribution in [2.75, 3.05) is 13.2 Å². The van der Waals surface area contributed by atoms with Crippen LogP contribution in [0.4, 0.5) is 4.39 Å². The highest BCUT2D eigenvalue weighted by Gasteiger charge is 2.17. The number of rotatable bonds is 8. The molecule has 0 radical (unpaired) electrons. The Kier molecular flexibility index (Phi) is 7.03. The highest BCUT2D eigenvalue weighted by molar-refractivity contribution is 5.80. The number of aromatic nitrogens is 1. The van der Waals surface area contributed by atoms with Gasteiger partial charge in [-0.05, 0) is 61.2 Å². The van der Waals surface area contributed by atoms with Crippen molar-refractivity contribution in [1.29, 1.82) is 0 Å². The minimum Gasteiger partial charge on any atom is -0.396 e. The number of halogens is 1. The Morgan fingerprint density at radius 3 is 2.53 bits per heavy atom. The molecule has 0 bridgehead atoms. The average Bonchev–Trinajstić information content (AvgIpc) is 3.04. The van der Waals surface area contributed by atoms with E-state index in [4.69, 9.17) is 5.11 Å². The van der Waals surface area contributed by atoms with Gasteiger partial charge in [0.15, 0.2) is 0 Å². The Hall–Kier alpha value is -2.96. The second kappa shape index (κ2) is 9.69. The van der Waals surface area contributed by atoms with E-state index in [1.54, 1.807) is 13.0 Å². The number of hydrogen-bond acceptors (Lipinski definition) is 3. The molecule has 30 heavy (non-hydrogen) atoms. The van der Waals surface area contributed by atoms with E-state index in [1.165, 1.54) is 12.1 Å². The number of aliphatic hydroxyl groups excluding tert-OH is 2. The van der Waals surface area contributed by atoms with E-state index >= 15 is 0 Å². The molecular formula is C24H27FN2O3. The Bertz CT molecular complexity index is 1010. The van der Waals surface area contributed by atoms with E-state index < -0.39 is 6.10 Å². The van der Waals surface area contributed by atoms with Crippen LogP contribution in [-0.4, -0.2) is 33.8 Å². The van der Waals surface area contributed by atoms with Gasteiger partial charge in [0.05, 0.1) is 18.2 Å². The highest BCUT2D eigenvalue weighted by atomic mass is 19.1. The zero-order valence-corrected chi connectivity index (χ0v) is 17.2. The molecule has 6 heteroatoms. The number of aliphatic hydroxyl groups is 2. The summed E-state index contributed by atoms with van der Waals surface area (Å²) < 4.78 is 15.9. The van der Waals surface area contributed by atoms with Gasteiger partial charge in [-0.1, -0.05) is 30.3 Å². The van der Waals surface area contributed by atoms with Gasteiger partial charge in [-0.25, -0.2) is 4.39 Å². The lowest BCUT2D eigenvalue weighted by Gasteiger charge is -2.13. The van der Waals surface area contributed by atoms with Crippen LogP contribution in [0.5, 0.6) is 0 Å². The fourth-order valence-electron chi connectivity index (χ4n) is 3.47. The molecule has 1 heterocycles. The van der Waals surface area contributed by atoms with Crippen LogP contribution in [0.1, 0.15) is 36.3 Å². The Morgan fingerprint density at radius 2 is 1.90 bits per heavy atom. The molecule has 0 aliphatic heterocycles. The average molecular weight is 410 g/mol. The zero-order chi connectivity index (χ0) is 21.7. The van der Waals surface area contributed by atoms with Crippen molar-refractivity contribution in [2.24, 2.45) is 0 Å². The minimum absolute atomic E-state index is 0.0296. The van der Waals surface area contributed by atoms with Gasteiger partial charge < -0.3 is 20.1 Å². The summed E-state index contributed by atoms with van der Waals surface area (Å²) in [5.74, 6) is -0.460. The standard InChI is InChI=1S/C24H27FN2O3/c1-16-20(14-24(30)26-11-4-12-28)13-23(19-9-7-18(8-10-19)17(2)29)27(16)22-6-3-5-21(25)15-22/h3,5-10,13,15,17,28-29H,4,11-12,14H2,1-2H3,(H,26,30)/t17-/m1/s1. The second-order valence-corrected chi connectivity index (χ2v) is 7.36. The van der Waals surface area contributed by atoms with Crippen LogP contribution in [0.2, 0.25) is 0 Å². The molecule has 0 saturated carbocycles. The number of nitrogens with one attached hydrogen (secondary N) is 1. The molecule has 5 nitrogen and oxygen atoms in total. The molecule has 1 aromatic heterocycles. The summed E-state index contributed by atoms with van der Waals surface area (Å²) in [7, 11) is 0. The van der Waals surface area contributed by atoms with Crippen LogP contribution in [0.3, 0.4) is 0 Å². The molecule has 0 spiro atoms. The molecule has 1 amide bonds. The molecule has 0 unspecified atom stereocenters. The fourth-order valence-corrected chi connectivity index (χ4v) is 3.47. The number of benzene rings is 2. The first-order chi connectivity index (χ1) is 14.4. The van der Waals surface area contributed by atoms with E-state index in [1.807, 2.05) is 47.9 Å². The van der Waals surface area contributed by atoms with Crippen LogP contribution in [-0.2, 0) is 11.2 Å². The van der Waals surface area contributed by atoms with Gasteiger partial charge in [-0.2, -0.15) is 0 Å². The second-order valence-electron chi connectivity index (χ2n) is 7.36. The number of carbonyl (C=O) groups excluding carboxylic acids is 1. The Labute approximate surface area is 175 Å². The smallest absolute Gasteiger partial charge is 0.224 e. The van der Waals surface area contributed by atoms with Crippen molar-refractivity contribution in [3.8, 4) is 16.9 Å². The van der Waals surface area contributed by atoms with Crippen LogP contribution in [0, 0.1) is 12.7 Å². The van der Waals surface area contributed by atoms with E-state index in [-0.39, 0.29) is 24.8 Å². The van der Waals surface area contributed by atoms with Crippen LogP contribution in [0.25, 0.3) is 16.9 Å². The molecule has 0 saturated heterocycles. The zero-order valence-electron chi connectivity index (χ0n) is 17.2. The van der Waals surface area contributed by atoms with Gasteiger partial charge in [0, 0.05) is 24.5 Å². The molecule has 158 valence electrons. The monoisotopic (exact) mass is 410 g/mol. The minimum atomic E-state index is -0.561. The molecule has 3 aromatic rings. The van der Waals surface area contributed by atoms with E-state index in [9.17, 15) is 14.3 Å². The summed E-state index contributed by atoms with van der Waals surface area (Å²) in [6.07, 6.45) is 0.141. The van der Waals surface area contributed by atoms with Gasteiger partial charge in [-0.3, -0.25) is 4.79 Å². The van der Waals surface area contributed by atoms with Crippen molar-refractivity contribution in [1.82, 2.24) is 9.88 Å². The summed E-state index contributed by atoms with van der Waals surface area (Å²) in [5.41, 5.74) is 4.92. The number of hydrogen-bond donors (Lipinski definition) is 3. The number of amides is 1. The lowest BCUT2D eigenvalue weighted by atomic mass is 10.1. The van der Waals surface area contributed by atoms with Gasteiger partial charge in [0.1, 0.15) is 5.82 Å². The van der Waals surface area contributed by atoms with Crippen molar-refractivity contribution >= 4 is 5.91 Å². The lowest BCUT2D eigenvalue weighted by Crippen LogP contribution is -2.26. The third-order valence-corrected chi connectivity index (χ3v) is 5.12. The predicted molar refractivity (Wildman–Crippen MR) is 115 cm³/mol. The van der Waals surface area contributed by atoms with Crippen molar-refractivity contribution < 1.29 is 19.4 Å². The molecule has 1 atom stereocenters. The Balaban J connectivity index is 2.02. The highest BCUT2D eigenvalue weighted by Crippen LogP contribution is 2.31. The molecule has 0 fully saturated rings. The lowest BCUT2D eigenvalue weighted by molar-refractivity contribution is -0.120. The predicted octanol–water partition coefficient (Wildman–Crippen LogP) is 3.69. The first kappa shape index (κ1) is 21.7. The van der Waals surface area contributed by atoms with E-state index in [2.05, 4.69) is 5.32 Å². The van der Waals surface area contributed by atoms with Gasteiger partial charge >= 0.3 is 0 Å². The van der Waals surface area contributed by atoms with E-state index in [0.717, 1.165) is 28.1 Å². The first-order valence-electron chi connectivity index (χ1n) is 10.0. The van der Waals surface area contributed by atoms with E-state index in [0.29, 0.717) is 18.7 Å². The van der Waals surface area contributed by atoms with Crippen LogP contribution in [0.15, 0.2) is 54.6 Å². The topological polar surface area (TPSA) is 74.5 Å². The molecule has 3 N–H and O–H groups in total. The Morgan fingerprint density at radius 1 is 1.17 bits per heavy atom. The van der Waals surface area contributed by atoms with Crippen molar-refractivity contribution in [3.05, 3.63) is 77.2 Å². The molecule has 2 aromatic carbocycles. The summed E-state index contributed by atoms with van der Waals surface area (Å²) in [5, 5.41) is 21.5. The number of nitrogens with zero attached hydrogens (tertiary/aromatic N) is 1. The fraction of sp³-hybridized carbons (Fsp3) is 0.292. The SMILES string of the molecule is Cc1c(CC(=O)NCCCO)cc(-c2ccc([C@@H](C)O)cc2)n1-c1cccc(F)c1. The summed E-state index contributed by atoms with van der Waals surface area (Å²) in [6.45, 7) is 4.07. The number of carbonyl (C=O) groups is 1. The van der Waals surface area contributed by atoms with Crippen LogP contribution >= 0.6 is 0 Å². The summed E-state index contributed by atoms with van der Waals surface area (Å²) >= 11 is 0. The summed E-state index contributed by atoms with van der Waals surface area (Å²) in [4.78, 5) is 12.3. The molecular weight excluding hydrogens is 383 g/mol. The maximum Gasteiger partial charge on any atom is 0.224 e. The van der Waals surface area contributed by atoms with Gasteiger partial charge in [0.25, 0.3) is 0 Å². The van der Waals surface area contributed by atoms with Gasteiger partial charge in [-0.15, -0.1) is 0 Å². The maximum absolute atomic E-state index is 13.9. The normalized spacial score (nSPS) is 12.0. The maximum atomic E-state index is 13.9. The van der Waals surface area contributed by atoms with Gasteiger partial charge in [0.2, 0.25) is 5.91 Å².